The fraction of sp³-hybridized carbons (Fsp3) is 0. The van der Waals surface area contributed by atoms with Gasteiger partial charge in [-0.2, -0.15) is 0 Å². The molecule has 0 heterocycles. The van der Waals surface area contributed by atoms with Crippen molar-refractivity contribution < 1.29 is 13.2 Å². The van der Waals surface area contributed by atoms with Gasteiger partial charge in [-0.1, -0.05) is 41.4 Å². The van der Waals surface area contributed by atoms with Crippen molar-refractivity contribution in [2.75, 3.05) is 4.72 Å². The van der Waals surface area contributed by atoms with Crippen LogP contribution < -0.4 is 9.46 Å². The van der Waals surface area contributed by atoms with Gasteiger partial charge in [-0.15, -0.1) is 0 Å². The van der Waals surface area contributed by atoms with Crippen LogP contribution in [0.1, 0.15) is 0 Å². The summed E-state index contributed by atoms with van der Waals surface area (Å²) in [7, 11) is -3.79. The van der Waals surface area contributed by atoms with Crippen LogP contribution in [0.5, 0.6) is 11.5 Å². The highest BCUT2D eigenvalue weighted by molar-refractivity contribution is 7.92. The Morgan fingerprint density at radius 3 is 2.12 bits per heavy atom. The van der Waals surface area contributed by atoms with Crippen LogP contribution >= 0.6 is 23.2 Å². The minimum absolute atomic E-state index is 0.0949. The number of anilines is 1. The van der Waals surface area contributed by atoms with Gasteiger partial charge in [0.05, 0.1) is 10.6 Å². The second-order valence-electron chi connectivity index (χ2n) is 5.12. The van der Waals surface area contributed by atoms with E-state index in [0.29, 0.717) is 21.5 Å². The molecule has 0 saturated heterocycles. The number of ether oxygens (including phenoxy) is 1. The van der Waals surface area contributed by atoms with Gasteiger partial charge < -0.3 is 4.74 Å². The Bertz CT molecular complexity index is 975. The van der Waals surface area contributed by atoms with Gasteiger partial charge in [0.15, 0.2) is 5.75 Å². The molecule has 0 aliphatic carbocycles. The zero-order valence-corrected chi connectivity index (χ0v) is 15.1. The zero-order valence-electron chi connectivity index (χ0n) is 12.8. The van der Waals surface area contributed by atoms with Crippen LogP contribution in [-0.4, -0.2) is 8.42 Å². The van der Waals surface area contributed by atoms with Gasteiger partial charge in [0.1, 0.15) is 5.75 Å². The van der Waals surface area contributed by atoms with Crippen LogP contribution in [-0.2, 0) is 10.0 Å². The number of halogens is 2. The average molecular weight is 394 g/mol. The lowest BCUT2D eigenvalue weighted by atomic mass is 10.3. The molecule has 25 heavy (non-hydrogen) atoms. The summed E-state index contributed by atoms with van der Waals surface area (Å²) in [5.41, 5.74) is 0.281. The Hall–Kier alpha value is -2.21. The van der Waals surface area contributed by atoms with Gasteiger partial charge in [0.25, 0.3) is 10.0 Å². The molecule has 0 aliphatic heterocycles. The first-order valence-electron chi connectivity index (χ1n) is 7.25. The van der Waals surface area contributed by atoms with Crippen LogP contribution in [0.15, 0.2) is 77.7 Å². The summed E-state index contributed by atoms with van der Waals surface area (Å²) >= 11 is 11.8. The lowest BCUT2D eigenvalue weighted by Gasteiger charge is -2.14. The van der Waals surface area contributed by atoms with Crippen LogP contribution in [0.2, 0.25) is 10.0 Å². The molecule has 0 spiro atoms. The van der Waals surface area contributed by atoms with Gasteiger partial charge in [0, 0.05) is 16.1 Å². The van der Waals surface area contributed by atoms with Crippen molar-refractivity contribution in [3.63, 3.8) is 0 Å². The molecule has 128 valence electrons. The molecule has 3 rings (SSSR count). The molecular formula is C18H13Cl2NO3S. The second kappa shape index (κ2) is 7.35. The Balaban J connectivity index is 1.93. The van der Waals surface area contributed by atoms with Gasteiger partial charge in [-0.3, -0.25) is 4.72 Å². The number of hydrogen-bond donors (Lipinski definition) is 1. The predicted molar refractivity (Wildman–Crippen MR) is 100 cm³/mol. The second-order valence-corrected chi connectivity index (χ2v) is 7.67. The van der Waals surface area contributed by atoms with Crippen molar-refractivity contribution in [2.24, 2.45) is 0 Å². The maximum Gasteiger partial charge on any atom is 0.262 e. The lowest BCUT2D eigenvalue weighted by molar-refractivity contribution is 0.485. The zero-order chi connectivity index (χ0) is 17.9. The topological polar surface area (TPSA) is 55.4 Å². The summed E-state index contributed by atoms with van der Waals surface area (Å²) < 4.78 is 33.4. The first-order valence-corrected chi connectivity index (χ1v) is 9.49. The van der Waals surface area contributed by atoms with Crippen molar-refractivity contribution >= 4 is 38.9 Å². The first kappa shape index (κ1) is 17.6. The minimum atomic E-state index is -3.79. The fourth-order valence-corrected chi connectivity index (χ4v) is 3.46. The molecular weight excluding hydrogens is 381 g/mol. The van der Waals surface area contributed by atoms with Crippen molar-refractivity contribution in [1.82, 2.24) is 0 Å². The SMILES string of the molecule is O=S(=O)(Nc1ccc(Cl)cc1Oc1ccccc1)c1ccc(Cl)cc1. The third kappa shape index (κ3) is 4.45. The Kier molecular flexibility index (Phi) is 5.18. The lowest BCUT2D eigenvalue weighted by Crippen LogP contribution is -2.13. The van der Waals surface area contributed by atoms with E-state index in [1.807, 2.05) is 18.2 Å². The summed E-state index contributed by atoms with van der Waals surface area (Å²) in [5, 5.41) is 0.888. The fourth-order valence-electron chi connectivity index (χ4n) is 2.10. The summed E-state index contributed by atoms with van der Waals surface area (Å²) in [6.07, 6.45) is 0. The van der Waals surface area contributed by atoms with E-state index in [0.717, 1.165) is 0 Å². The molecule has 0 fully saturated rings. The highest BCUT2D eigenvalue weighted by Crippen LogP contribution is 2.33. The van der Waals surface area contributed by atoms with Crippen LogP contribution in [0.4, 0.5) is 5.69 Å². The number of sulfonamides is 1. The van der Waals surface area contributed by atoms with Crippen molar-refractivity contribution in [3.8, 4) is 11.5 Å². The summed E-state index contributed by atoms with van der Waals surface area (Å²) in [6, 6.07) is 19.6. The number of benzene rings is 3. The standard InChI is InChI=1S/C18H13Cl2NO3S/c19-13-6-9-16(10-7-13)25(22,23)21-17-11-8-14(20)12-18(17)24-15-4-2-1-3-5-15/h1-12,21H. The predicted octanol–water partition coefficient (Wildman–Crippen LogP) is 5.59. The third-order valence-electron chi connectivity index (χ3n) is 3.28. The molecule has 0 amide bonds. The average Bonchev–Trinajstić information content (AvgIpc) is 2.58. The molecule has 1 N–H and O–H groups in total. The molecule has 0 unspecified atom stereocenters. The molecule has 0 radical (unpaired) electrons. The van der Waals surface area contributed by atoms with Gasteiger partial charge >= 0.3 is 0 Å². The van der Waals surface area contributed by atoms with Crippen molar-refractivity contribution in [2.45, 2.75) is 4.90 Å². The monoisotopic (exact) mass is 393 g/mol. The van der Waals surface area contributed by atoms with E-state index in [1.54, 1.807) is 30.3 Å². The molecule has 3 aromatic carbocycles. The van der Waals surface area contributed by atoms with Crippen LogP contribution in [0.3, 0.4) is 0 Å². The highest BCUT2D eigenvalue weighted by Gasteiger charge is 2.17. The molecule has 0 aliphatic rings. The van der Waals surface area contributed by atoms with E-state index in [9.17, 15) is 8.42 Å². The van der Waals surface area contributed by atoms with Crippen molar-refractivity contribution in [3.05, 3.63) is 82.8 Å². The first-order chi connectivity index (χ1) is 11.9. The Labute approximate surface area is 156 Å². The maximum absolute atomic E-state index is 12.6. The summed E-state index contributed by atoms with van der Waals surface area (Å²) in [5.74, 6) is 0.868. The van der Waals surface area contributed by atoms with Crippen LogP contribution in [0, 0.1) is 0 Å². The molecule has 0 saturated carbocycles. The number of nitrogens with one attached hydrogen (secondary N) is 1. The van der Waals surface area contributed by atoms with Gasteiger partial charge in [-0.05, 0) is 48.5 Å². The molecule has 0 atom stereocenters. The van der Waals surface area contributed by atoms with E-state index in [-0.39, 0.29) is 10.6 Å². The normalized spacial score (nSPS) is 11.1. The van der Waals surface area contributed by atoms with E-state index in [4.69, 9.17) is 27.9 Å². The van der Waals surface area contributed by atoms with E-state index in [1.165, 1.54) is 24.3 Å². The molecule has 4 nitrogen and oxygen atoms in total. The van der Waals surface area contributed by atoms with E-state index < -0.39 is 10.0 Å². The smallest absolute Gasteiger partial charge is 0.262 e. The molecule has 7 heteroatoms. The van der Waals surface area contributed by atoms with Gasteiger partial charge in [0.2, 0.25) is 0 Å². The number of para-hydroxylation sites is 1. The third-order valence-corrected chi connectivity index (χ3v) is 5.15. The quantitative estimate of drug-likeness (QED) is 0.614. The van der Waals surface area contributed by atoms with E-state index in [2.05, 4.69) is 4.72 Å². The Morgan fingerprint density at radius 1 is 0.800 bits per heavy atom. The molecule has 0 aromatic heterocycles. The summed E-state index contributed by atoms with van der Waals surface area (Å²) in [6.45, 7) is 0. The van der Waals surface area contributed by atoms with Gasteiger partial charge in [-0.25, -0.2) is 8.42 Å². The molecule has 0 bridgehead atoms. The molecule has 3 aromatic rings. The van der Waals surface area contributed by atoms with Crippen molar-refractivity contribution in [1.29, 1.82) is 0 Å². The number of hydrogen-bond acceptors (Lipinski definition) is 3. The summed E-state index contributed by atoms with van der Waals surface area (Å²) in [4.78, 5) is 0.0949. The van der Waals surface area contributed by atoms with Crippen LogP contribution in [0.25, 0.3) is 0 Å². The highest BCUT2D eigenvalue weighted by atomic mass is 35.5. The number of rotatable bonds is 5. The van der Waals surface area contributed by atoms with E-state index >= 15 is 0 Å². The largest absolute Gasteiger partial charge is 0.455 e. The minimum Gasteiger partial charge on any atom is -0.455 e. The maximum atomic E-state index is 12.6. The Morgan fingerprint density at radius 2 is 1.44 bits per heavy atom.